The van der Waals surface area contributed by atoms with Gasteiger partial charge in [0.2, 0.25) is 0 Å². The van der Waals surface area contributed by atoms with Crippen molar-refractivity contribution in [3.63, 3.8) is 0 Å². The van der Waals surface area contributed by atoms with Crippen molar-refractivity contribution < 1.29 is 9.18 Å². The second-order valence-electron chi connectivity index (χ2n) is 1.27. The Kier molecular flexibility index (Phi) is 1.39. The van der Waals surface area contributed by atoms with Gasteiger partial charge in [-0.2, -0.15) is 4.39 Å². The van der Waals surface area contributed by atoms with Gasteiger partial charge in [0.15, 0.2) is 11.4 Å². The van der Waals surface area contributed by atoms with Crippen molar-refractivity contribution >= 4 is 17.6 Å². The van der Waals surface area contributed by atoms with Crippen molar-refractivity contribution in [3.8, 4) is 0 Å². The van der Waals surface area contributed by atoms with Crippen molar-refractivity contribution in [1.29, 1.82) is 0 Å². The molecular formula is C5H3FOS. The number of hydrogen-bond donors (Lipinski definition) is 0. The standard InChI is InChI=1S/C5H3FOS/c6-5-4(3-7)1-2-8-5/h1-3H. The summed E-state index contributed by atoms with van der Waals surface area (Å²) in [5.74, 6) is 0. The molecule has 0 fully saturated rings. The number of carbonyl (C=O) groups excluding carboxylic acids is 1. The van der Waals surface area contributed by atoms with Gasteiger partial charge < -0.3 is 0 Å². The van der Waals surface area contributed by atoms with Gasteiger partial charge in [0.25, 0.3) is 0 Å². The van der Waals surface area contributed by atoms with Crippen LogP contribution in [0, 0.1) is 5.13 Å². The first-order valence-electron chi connectivity index (χ1n) is 2.03. The maximum atomic E-state index is 12.1. The Morgan fingerprint density at radius 1 is 1.75 bits per heavy atom. The Balaban J connectivity index is 3.09. The Morgan fingerprint density at radius 3 is 2.75 bits per heavy atom. The smallest absolute Gasteiger partial charge is 0.186 e. The minimum absolute atomic E-state index is 0.148. The van der Waals surface area contributed by atoms with E-state index in [-0.39, 0.29) is 5.56 Å². The van der Waals surface area contributed by atoms with Gasteiger partial charge in [0.05, 0.1) is 5.56 Å². The van der Waals surface area contributed by atoms with Crippen molar-refractivity contribution in [3.05, 3.63) is 22.1 Å². The normalized spacial score (nSPS) is 9.12. The zero-order valence-corrected chi connectivity index (χ0v) is 4.74. The molecule has 0 saturated heterocycles. The molecule has 42 valence electrons. The van der Waals surface area contributed by atoms with Crippen LogP contribution >= 0.6 is 11.3 Å². The van der Waals surface area contributed by atoms with Crippen LogP contribution in [0.25, 0.3) is 0 Å². The Bertz CT molecular complexity index is 194. The first-order chi connectivity index (χ1) is 3.84. The molecule has 1 aromatic heterocycles. The fourth-order valence-corrected chi connectivity index (χ4v) is 0.973. The first kappa shape index (κ1) is 5.44. The van der Waals surface area contributed by atoms with E-state index in [9.17, 15) is 9.18 Å². The highest BCUT2D eigenvalue weighted by Crippen LogP contribution is 2.10. The third-order valence-electron chi connectivity index (χ3n) is 0.773. The van der Waals surface area contributed by atoms with E-state index in [4.69, 9.17) is 0 Å². The zero-order chi connectivity index (χ0) is 5.98. The fourth-order valence-electron chi connectivity index (χ4n) is 0.386. The van der Waals surface area contributed by atoms with Crippen LogP contribution in [-0.4, -0.2) is 6.29 Å². The van der Waals surface area contributed by atoms with Gasteiger partial charge in [-0.15, -0.1) is 11.3 Å². The van der Waals surface area contributed by atoms with Crippen molar-refractivity contribution in [2.24, 2.45) is 0 Å². The van der Waals surface area contributed by atoms with Gasteiger partial charge in [0, 0.05) is 0 Å². The largest absolute Gasteiger partial charge is 0.298 e. The van der Waals surface area contributed by atoms with E-state index in [0.29, 0.717) is 6.29 Å². The second-order valence-corrected chi connectivity index (χ2v) is 2.13. The van der Waals surface area contributed by atoms with E-state index in [0.717, 1.165) is 11.3 Å². The maximum Gasteiger partial charge on any atom is 0.186 e. The van der Waals surface area contributed by atoms with Crippen LogP contribution in [0.4, 0.5) is 4.39 Å². The summed E-state index contributed by atoms with van der Waals surface area (Å²) in [7, 11) is 0. The fraction of sp³-hybridized carbons (Fsp3) is 0. The molecule has 0 aromatic carbocycles. The lowest BCUT2D eigenvalue weighted by molar-refractivity contribution is 0.112. The summed E-state index contributed by atoms with van der Waals surface area (Å²) in [5, 5.41) is 1.14. The number of thiophene rings is 1. The minimum Gasteiger partial charge on any atom is -0.298 e. The van der Waals surface area contributed by atoms with Crippen LogP contribution in [-0.2, 0) is 0 Å². The van der Waals surface area contributed by atoms with Gasteiger partial charge in [-0.05, 0) is 11.4 Å². The van der Waals surface area contributed by atoms with Crippen LogP contribution in [0.2, 0.25) is 0 Å². The van der Waals surface area contributed by atoms with Crippen LogP contribution in [0.5, 0.6) is 0 Å². The van der Waals surface area contributed by atoms with Crippen LogP contribution in [0.1, 0.15) is 10.4 Å². The highest BCUT2D eigenvalue weighted by Gasteiger charge is 1.97. The quantitative estimate of drug-likeness (QED) is 0.529. The van der Waals surface area contributed by atoms with Gasteiger partial charge in [-0.1, -0.05) is 0 Å². The van der Waals surface area contributed by atoms with E-state index >= 15 is 0 Å². The van der Waals surface area contributed by atoms with Crippen molar-refractivity contribution in [2.45, 2.75) is 0 Å². The number of halogens is 1. The van der Waals surface area contributed by atoms with Gasteiger partial charge in [-0.25, -0.2) is 0 Å². The topological polar surface area (TPSA) is 17.1 Å². The summed E-state index contributed by atoms with van der Waals surface area (Å²) in [5.41, 5.74) is 0.148. The monoisotopic (exact) mass is 130 g/mol. The van der Waals surface area contributed by atoms with Crippen molar-refractivity contribution in [1.82, 2.24) is 0 Å². The Hall–Kier alpha value is -0.700. The van der Waals surface area contributed by atoms with E-state index in [1.165, 1.54) is 6.07 Å². The van der Waals surface area contributed by atoms with Crippen molar-refractivity contribution in [2.75, 3.05) is 0 Å². The average Bonchev–Trinajstić information content (AvgIpc) is 2.14. The molecule has 0 aliphatic carbocycles. The molecule has 0 aliphatic rings. The van der Waals surface area contributed by atoms with E-state index < -0.39 is 5.13 Å². The summed E-state index contributed by atoms with van der Waals surface area (Å²) in [6.07, 6.45) is 0.506. The third kappa shape index (κ3) is 0.767. The summed E-state index contributed by atoms with van der Waals surface area (Å²) in [6.45, 7) is 0. The number of hydrogen-bond acceptors (Lipinski definition) is 2. The third-order valence-corrected chi connectivity index (χ3v) is 1.49. The average molecular weight is 130 g/mol. The predicted octanol–water partition coefficient (Wildman–Crippen LogP) is 1.70. The summed E-state index contributed by atoms with van der Waals surface area (Å²) >= 11 is 0.931. The molecule has 3 heteroatoms. The Labute approximate surface area is 49.8 Å². The van der Waals surface area contributed by atoms with Gasteiger partial charge in [-0.3, -0.25) is 4.79 Å². The number of rotatable bonds is 1. The molecule has 0 saturated carbocycles. The van der Waals surface area contributed by atoms with Gasteiger partial charge in [0.1, 0.15) is 0 Å². The summed E-state index contributed by atoms with van der Waals surface area (Å²) in [4.78, 5) is 9.86. The number of carbonyl (C=O) groups is 1. The molecule has 0 unspecified atom stereocenters. The number of aldehydes is 1. The molecule has 0 spiro atoms. The lowest BCUT2D eigenvalue weighted by atomic mass is 10.4. The van der Waals surface area contributed by atoms with Crippen LogP contribution in [0.15, 0.2) is 11.4 Å². The van der Waals surface area contributed by atoms with E-state index in [1.807, 2.05) is 0 Å². The minimum atomic E-state index is -0.403. The molecule has 0 atom stereocenters. The molecule has 0 bridgehead atoms. The molecule has 0 aliphatic heterocycles. The molecule has 1 rings (SSSR count). The van der Waals surface area contributed by atoms with Crippen LogP contribution < -0.4 is 0 Å². The predicted molar refractivity (Wildman–Crippen MR) is 29.7 cm³/mol. The molecular weight excluding hydrogens is 127 g/mol. The molecule has 1 heterocycles. The zero-order valence-electron chi connectivity index (χ0n) is 3.93. The SMILES string of the molecule is O=Cc1ccsc1F. The van der Waals surface area contributed by atoms with Crippen LogP contribution in [0.3, 0.4) is 0 Å². The van der Waals surface area contributed by atoms with E-state index in [2.05, 4.69) is 0 Å². The molecule has 0 radical (unpaired) electrons. The summed E-state index contributed by atoms with van der Waals surface area (Å²) in [6, 6.07) is 1.45. The highest BCUT2D eigenvalue weighted by atomic mass is 32.1. The molecule has 0 N–H and O–H groups in total. The maximum absolute atomic E-state index is 12.1. The second kappa shape index (κ2) is 2.05. The highest BCUT2D eigenvalue weighted by molar-refractivity contribution is 7.08. The molecule has 8 heavy (non-hydrogen) atoms. The Morgan fingerprint density at radius 2 is 2.50 bits per heavy atom. The van der Waals surface area contributed by atoms with E-state index in [1.54, 1.807) is 5.38 Å². The molecule has 1 aromatic rings. The lowest BCUT2D eigenvalue weighted by Gasteiger charge is -1.74. The lowest BCUT2D eigenvalue weighted by Crippen LogP contribution is -1.74. The summed E-state index contributed by atoms with van der Waals surface area (Å²) < 4.78 is 12.1. The molecule has 0 amide bonds. The molecule has 1 nitrogen and oxygen atoms in total. The van der Waals surface area contributed by atoms with Gasteiger partial charge >= 0.3 is 0 Å². The first-order valence-corrected chi connectivity index (χ1v) is 2.90.